The van der Waals surface area contributed by atoms with Gasteiger partial charge in [-0.1, -0.05) is 0 Å². The second-order valence-corrected chi connectivity index (χ2v) is 5.60. The van der Waals surface area contributed by atoms with Crippen LogP contribution in [0.15, 0.2) is 41.6 Å². The zero-order chi connectivity index (χ0) is 13.9. The van der Waals surface area contributed by atoms with Crippen molar-refractivity contribution >= 4 is 21.5 Å². The molecule has 0 fully saturated rings. The number of pyridine rings is 2. The minimum absolute atomic E-state index is 0.154. The highest BCUT2D eigenvalue weighted by Gasteiger charge is 2.15. The van der Waals surface area contributed by atoms with Crippen LogP contribution in [0.4, 0.5) is 11.5 Å². The van der Waals surface area contributed by atoms with E-state index in [1.54, 1.807) is 32.3 Å². The van der Waals surface area contributed by atoms with Gasteiger partial charge in [-0.25, -0.2) is 13.4 Å². The van der Waals surface area contributed by atoms with Crippen molar-refractivity contribution in [3.05, 3.63) is 42.4 Å². The average molecular weight is 278 g/mol. The fourth-order valence-corrected chi connectivity index (χ4v) is 2.60. The van der Waals surface area contributed by atoms with Gasteiger partial charge in [0.1, 0.15) is 5.82 Å². The van der Waals surface area contributed by atoms with Crippen molar-refractivity contribution < 1.29 is 8.42 Å². The van der Waals surface area contributed by atoms with Gasteiger partial charge in [-0.15, -0.1) is 0 Å². The third-order valence-electron chi connectivity index (χ3n) is 2.45. The third kappa shape index (κ3) is 3.19. The van der Waals surface area contributed by atoms with Gasteiger partial charge < -0.3 is 5.32 Å². The van der Waals surface area contributed by atoms with E-state index in [-0.39, 0.29) is 4.90 Å². The molecule has 0 aliphatic rings. The van der Waals surface area contributed by atoms with Crippen molar-refractivity contribution in [2.75, 3.05) is 17.1 Å². The molecular weight excluding hydrogens is 264 g/mol. The molecule has 0 spiro atoms. The summed E-state index contributed by atoms with van der Waals surface area (Å²) in [4.78, 5) is 8.15. The summed E-state index contributed by atoms with van der Waals surface area (Å²) in [6, 6.07) is 6.18. The summed E-state index contributed by atoms with van der Waals surface area (Å²) in [5.41, 5.74) is 1.22. The molecule has 2 N–H and O–H groups in total. The summed E-state index contributed by atoms with van der Waals surface area (Å²) < 4.78 is 26.9. The zero-order valence-electron chi connectivity index (χ0n) is 10.6. The number of hydrogen-bond acceptors (Lipinski definition) is 5. The zero-order valence-corrected chi connectivity index (χ0v) is 11.4. The van der Waals surface area contributed by atoms with Crippen molar-refractivity contribution in [3.63, 3.8) is 0 Å². The molecule has 100 valence electrons. The summed E-state index contributed by atoms with van der Waals surface area (Å²) in [7, 11) is -1.94. The molecule has 7 heteroatoms. The molecule has 2 heterocycles. The Morgan fingerprint density at radius 1 is 1.11 bits per heavy atom. The Morgan fingerprint density at radius 3 is 2.53 bits per heavy atom. The molecule has 0 aliphatic heterocycles. The predicted molar refractivity (Wildman–Crippen MR) is 73.6 cm³/mol. The van der Waals surface area contributed by atoms with E-state index in [9.17, 15) is 8.42 Å². The third-order valence-corrected chi connectivity index (χ3v) is 3.83. The normalized spacial score (nSPS) is 11.1. The maximum atomic E-state index is 12.2. The smallest absolute Gasteiger partial charge is 0.262 e. The number of hydrogen-bond donors (Lipinski definition) is 2. The maximum absolute atomic E-state index is 12.2. The van der Waals surface area contributed by atoms with Crippen molar-refractivity contribution in [3.8, 4) is 0 Å². The minimum Gasteiger partial charge on any atom is -0.373 e. The van der Waals surface area contributed by atoms with Crippen molar-refractivity contribution in [2.24, 2.45) is 0 Å². The maximum Gasteiger partial charge on any atom is 0.262 e. The number of rotatable bonds is 4. The monoisotopic (exact) mass is 278 g/mol. The van der Waals surface area contributed by atoms with Gasteiger partial charge in [0.25, 0.3) is 10.0 Å². The van der Waals surface area contributed by atoms with Gasteiger partial charge in [0, 0.05) is 31.2 Å². The van der Waals surface area contributed by atoms with Gasteiger partial charge in [0.05, 0.1) is 10.6 Å². The summed E-state index contributed by atoms with van der Waals surface area (Å²) in [6.07, 6.45) is 3.00. The molecule has 2 rings (SSSR count). The Balaban J connectivity index is 2.32. The Morgan fingerprint density at radius 2 is 1.84 bits per heavy atom. The molecule has 19 heavy (non-hydrogen) atoms. The van der Waals surface area contributed by atoms with E-state index >= 15 is 0 Å². The van der Waals surface area contributed by atoms with Crippen molar-refractivity contribution in [2.45, 2.75) is 11.8 Å². The average Bonchev–Trinajstić information content (AvgIpc) is 2.38. The van der Waals surface area contributed by atoms with Gasteiger partial charge in [0.2, 0.25) is 0 Å². The quantitative estimate of drug-likeness (QED) is 0.888. The lowest BCUT2D eigenvalue weighted by Gasteiger charge is -2.09. The van der Waals surface area contributed by atoms with Gasteiger partial charge >= 0.3 is 0 Å². The van der Waals surface area contributed by atoms with E-state index in [1.165, 1.54) is 18.3 Å². The largest absolute Gasteiger partial charge is 0.373 e. The van der Waals surface area contributed by atoms with Gasteiger partial charge in [-0.3, -0.25) is 9.71 Å². The fourth-order valence-electron chi connectivity index (χ4n) is 1.54. The Labute approximate surface area is 112 Å². The van der Waals surface area contributed by atoms with Crippen LogP contribution in [0.1, 0.15) is 5.69 Å². The molecule has 0 radical (unpaired) electrons. The number of anilines is 2. The molecule has 0 saturated heterocycles. The van der Waals surface area contributed by atoms with Gasteiger partial charge in [-0.2, -0.15) is 0 Å². The lowest BCUT2D eigenvalue weighted by atomic mass is 10.3. The summed E-state index contributed by atoms with van der Waals surface area (Å²) in [5.74, 6) is 0.494. The van der Waals surface area contributed by atoms with Crippen LogP contribution in [0.25, 0.3) is 0 Å². The van der Waals surface area contributed by atoms with Crippen LogP contribution in [0.3, 0.4) is 0 Å². The van der Waals surface area contributed by atoms with Crippen molar-refractivity contribution in [1.29, 1.82) is 0 Å². The number of nitrogens with zero attached hydrogens (tertiary/aromatic N) is 2. The van der Waals surface area contributed by atoms with Crippen LogP contribution in [-0.2, 0) is 10.0 Å². The van der Waals surface area contributed by atoms with E-state index < -0.39 is 10.0 Å². The molecule has 0 atom stereocenters. The van der Waals surface area contributed by atoms with Crippen LogP contribution in [0, 0.1) is 6.92 Å². The molecule has 0 aromatic carbocycles. The minimum atomic E-state index is -3.62. The highest BCUT2D eigenvalue weighted by Crippen LogP contribution is 2.17. The highest BCUT2D eigenvalue weighted by molar-refractivity contribution is 7.92. The van der Waals surface area contributed by atoms with E-state index in [2.05, 4.69) is 20.0 Å². The first kappa shape index (κ1) is 13.3. The SMILES string of the molecule is CNc1cc(S(=O)(=O)Nc2ccnc(C)c2)ccn1. The molecular formula is C12H14N4O2S. The lowest BCUT2D eigenvalue weighted by molar-refractivity contribution is 0.601. The Bertz CT molecular complexity index is 686. The van der Waals surface area contributed by atoms with E-state index in [0.717, 1.165) is 5.69 Å². The molecule has 0 saturated carbocycles. The molecule has 0 aliphatic carbocycles. The Kier molecular flexibility index (Phi) is 3.66. The van der Waals surface area contributed by atoms with Crippen LogP contribution in [0.2, 0.25) is 0 Å². The molecule has 2 aromatic rings. The lowest BCUT2D eigenvalue weighted by Crippen LogP contribution is -2.13. The van der Waals surface area contributed by atoms with Crippen LogP contribution in [-0.4, -0.2) is 25.4 Å². The highest BCUT2D eigenvalue weighted by atomic mass is 32.2. The molecule has 0 bridgehead atoms. The summed E-state index contributed by atoms with van der Waals surface area (Å²) in [6.45, 7) is 1.79. The molecule has 2 aromatic heterocycles. The Hall–Kier alpha value is -2.15. The fraction of sp³-hybridized carbons (Fsp3) is 0.167. The topological polar surface area (TPSA) is 84.0 Å². The second kappa shape index (κ2) is 5.23. The summed E-state index contributed by atoms with van der Waals surface area (Å²) in [5, 5.41) is 2.80. The first-order chi connectivity index (χ1) is 9.01. The number of aryl methyl sites for hydroxylation is 1. The first-order valence-electron chi connectivity index (χ1n) is 5.60. The first-order valence-corrected chi connectivity index (χ1v) is 7.09. The van der Waals surface area contributed by atoms with Crippen LogP contribution >= 0.6 is 0 Å². The second-order valence-electron chi connectivity index (χ2n) is 3.92. The molecule has 0 unspecified atom stereocenters. The summed E-state index contributed by atoms with van der Waals surface area (Å²) >= 11 is 0. The van der Waals surface area contributed by atoms with E-state index in [0.29, 0.717) is 11.5 Å². The number of nitrogens with one attached hydrogen (secondary N) is 2. The molecule has 0 amide bonds. The molecule has 6 nitrogen and oxygen atoms in total. The van der Waals surface area contributed by atoms with E-state index in [4.69, 9.17) is 0 Å². The standard InChI is InChI=1S/C12H14N4O2S/c1-9-7-10(3-5-14-9)16-19(17,18)11-4-6-15-12(8-11)13-2/h3-8H,1-2H3,(H,13,15)(H,14,16). The van der Waals surface area contributed by atoms with Gasteiger partial charge in [0.15, 0.2) is 0 Å². The van der Waals surface area contributed by atoms with E-state index in [1.807, 2.05) is 0 Å². The van der Waals surface area contributed by atoms with Crippen LogP contribution in [0.5, 0.6) is 0 Å². The number of aromatic nitrogens is 2. The van der Waals surface area contributed by atoms with Crippen molar-refractivity contribution in [1.82, 2.24) is 9.97 Å². The number of sulfonamides is 1. The van der Waals surface area contributed by atoms with Crippen LogP contribution < -0.4 is 10.0 Å². The predicted octanol–water partition coefficient (Wildman–Crippen LogP) is 1.63. The van der Waals surface area contributed by atoms with Gasteiger partial charge in [-0.05, 0) is 25.1 Å².